The van der Waals surface area contributed by atoms with Crippen LogP contribution < -0.4 is 0 Å². The van der Waals surface area contributed by atoms with Gasteiger partial charge in [-0.15, -0.1) is 0 Å². The molecule has 0 aromatic carbocycles. The fraction of sp³-hybridized carbons (Fsp3) is 0.571. The minimum Gasteiger partial charge on any atom is -0.318 e. The Labute approximate surface area is 75.0 Å². The van der Waals surface area contributed by atoms with E-state index in [9.17, 15) is 0 Å². The molecule has 1 fully saturated rings. The predicted molar refractivity (Wildman–Crippen MR) is 48.2 cm³/mol. The maximum absolute atomic E-state index is 5.86. The van der Waals surface area contributed by atoms with Gasteiger partial charge < -0.3 is 4.57 Å². The molecule has 11 heavy (non-hydrogen) atoms. The number of hydrogen-bond acceptors (Lipinski definition) is 2. The van der Waals surface area contributed by atoms with Gasteiger partial charge in [-0.25, -0.2) is 4.98 Å². The van der Waals surface area contributed by atoms with Gasteiger partial charge in [-0.1, -0.05) is 0 Å². The lowest BCUT2D eigenvalue weighted by atomic mass is 10.3. The molecule has 0 radical (unpaired) electrons. The molecule has 1 atom stereocenters. The maximum Gasteiger partial charge on any atom is 0.202 e. The molecule has 2 rings (SSSR count). The summed E-state index contributed by atoms with van der Waals surface area (Å²) in [6.07, 6.45) is 4.94. The number of halogens is 1. The number of nitrogens with zero attached hydrogens (tertiary/aromatic N) is 2. The molecule has 1 unspecified atom stereocenters. The largest absolute Gasteiger partial charge is 0.318 e. The number of thioether (sulfide) groups is 1. The molecule has 0 N–H and O–H groups in total. The van der Waals surface area contributed by atoms with Crippen molar-refractivity contribution in [2.45, 2.75) is 12.5 Å². The van der Waals surface area contributed by atoms with Crippen LogP contribution in [0.1, 0.15) is 12.5 Å². The molecule has 1 saturated heterocycles. The Morgan fingerprint density at radius 1 is 1.73 bits per heavy atom. The van der Waals surface area contributed by atoms with E-state index in [2.05, 4.69) is 9.55 Å². The van der Waals surface area contributed by atoms with E-state index in [0.717, 1.165) is 0 Å². The molecule has 0 aliphatic carbocycles. The highest BCUT2D eigenvalue weighted by Crippen LogP contribution is 2.29. The van der Waals surface area contributed by atoms with Crippen LogP contribution in [-0.4, -0.2) is 21.1 Å². The van der Waals surface area contributed by atoms with Gasteiger partial charge in [0.05, 0.1) is 0 Å². The Bertz CT molecular complexity index is 242. The lowest BCUT2D eigenvalue weighted by molar-refractivity contribution is 0.560. The van der Waals surface area contributed by atoms with Crippen molar-refractivity contribution >= 4 is 23.4 Å². The molecule has 2 nitrogen and oxygen atoms in total. The standard InChI is InChI=1S/C7H9ClN2S/c8-7-9-2-3-10(7)6-1-4-11-5-6/h2-3,6H,1,4-5H2. The topological polar surface area (TPSA) is 17.8 Å². The molecule has 1 aliphatic rings. The zero-order valence-electron chi connectivity index (χ0n) is 6.03. The van der Waals surface area contributed by atoms with Crippen molar-refractivity contribution in [1.82, 2.24) is 9.55 Å². The van der Waals surface area contributed by atoms with E-state index in [-0.39, 0.29) is 0 Å². The first kappa shape index (κ1) is 7.50. The van der Waals surface area contributed by atoms with Crippen LogP contribution in [0.15, 0.2) is 12.4 Å². The number of rotatable bonds is 1. The van der Waals surface area contributed by atoms with Gasteiger partial charge in [0.15, 0.2) is 0 Å². The Morgan fingerprint density at radius 3 is 3.18 bits per heavy atom. The molecule has 4 heteroatoms. The summed E-state index contributed by atoms with van der Waals surface area (Å²) in [4.78, 5) is 3.98. The van der Waals surface area contributed by atoms with Gasteiger partial charge in [0, 0.05) is 24.2 Å². The van der Waals surface area contributed by atoms with Gasteiger partial charge in [-0.2, -0.15) is 11.8 Å². The van der Waals surface area contributed by atoms with Crippen LogP contribution in [-0.2, 0) is 0 Å². The van der Waals surface area contributed by atoms with Crippen molar-refractivity contribution in [3.8, 4) is 0 Å². The highest BCUT2D eigenvalue weighted by molar-refractivity contribution is 7.99. The molecular formula is C7H9ClN2S. The van der Waals surface area contributed by atoms with Crippen LogP contribution in [0.5, 0.6) is 0 Å². The molecule has 1 aliphatic heterocycles. The third kappa shape index (κ3) is 1.40. The fourth-order valence-electron chi connectivity index (χ4n) is 1.31. The van der Waals surface area contributed by atoms with Crippen LogP contribution in [0.25, 0.3) is 0 Å². The second-order valence-corrected chi connectivity index (χ2v) is 4.11. The third-order valence-electron chi connectivity index (χ3n) is 1.92. The quantitative estimate of drug-likeness (QED) is 0.673. The minimum absolute atomic E-state index is 0.579. The Balaban J connectivity index is 2.21. The predicted octanol–water partition coefficient (Wildman–Crippen LogP) is 2.21. The number of imidazole rings is 1. The van der Waals surface area contributed by atoms with Crippen LogP contribution in [0, 0.1) is 0 Å². The first-order valence-electron chi connectivity index (χ1n) is 3.64. The fourth-order valence-corrected chi connectivity index (χ4v) is 2.76. The normalized spacial score (nSPS) is 24.3. The lowest BCUT2D eigenvalue weighted by Gasteiger charge is -2.09. The van der Waals surface area contributed by atoms with Crippen LogP contribution in [0.4, 0.5) is 0 Å². The molecule has 1 aromatic heterocycles. The SMILES string of the molecule is Clc1nccn1C1CCSC1. The number of aromatic nitrogens is 2. The summed E-state index contributed by atoms with van der Waals surface area (Å²) in [6, 6.07) is 0.579. The first-order chi connectivity index (χ1) is 5.38. The summed E-state index contributed by atoms with van der Waals surface area (Å²) in [5.74, 6) is 2.43. The summed E-state index contributed by atoms with van der Waals surface area (Å²) in [5.41, 5.74) is 0. The summed E-state index contributed by atoms with van der Waals surface area (Å²) in [5, 5.41) is 0.623. The second-order valence-electron chi connectivity index (χ2n) is 2.62. The van der Waals surface area contributed by atoms with Crippen molar-refractivity contribution in [2.75, 3.05) is 11.5 Å². The van der Waals surface area contributed by atoms with Gasteiger partial charge in [0.25, 0.3) is 0 Å². The second kappa shape index (κ2) is 3.07. The smallest absolute Gasteiger partial charge is 0.202 e. The maximum atomic E-state index is 5.86. The Hall–Kier alpha value is -0.150. The monoisotopic (exact) mass is 188 g/mol. The first-order valence-corrected chi connectivity index (χ1v) is 5.17. The highest BCUT2D eigenvalue weighted by Gasteiger charge is 2.18. The van der Waals surface area contributed by atoms with Gasteiger partial charge in [0.2, 0.25) is 5.28 Å². The molecule has 0 saturated carbocycles. The summed E-state index contributed by atoms with van der Waals surface area (Å²) in [6.45, 7) is 0. The van der Waals surface area contributed by atoms with Crippen LogP contribution >= 0.6 is 23.4 Å². The van der Waals surface area contributed by atoms with Crippen LogP contribution in [0.3, 0.4) is 0 Å². The van der Waals surface area contributed by atoms with Crippen molar-refractivity contribution in [2.24, 2.45) is 0 Å². The third-order valence-corrected chi connectivity index (χ3v) is 3.36. The molecule has 2 heterocycles. The zero-order chi connectivity index (χ0) is 7.68. The van der Waals surface area contributed by atoms with E-state index in [1.807, 2.05) is 18.0 Å². The van der Waals surface area contributed by atoms with E-state index < -0.39 is 0 Å². The van der Waals surface area contributed by atoms with E-state index in [1.54, 1.807) is 6.20 Å². The van der Waals surface area contributed by atoms with Gasteiger partial charge in [-0.05, 0) is 23.8 Å². The molecule has 0 bridgehead atoms. The molecule has 1 aromatic rings. The van der Waals surface area contributed by atoms with E-state index in [1.165, 1.54) is 17.9 Å². The van der Waals surface area contributed by atoms with Crippen molar-refractivity contribution < 1.29 is 0 Å². The summed E-state index contributed by atoms with van der Waals surface area (Å²) in [7, 11) is 0. The van der Waals surface area contributed by atoms with Gasteiger partial charge in [-0.3, -0.25) is 0 Å². The lowest BCUT2D eigenvalue weighted by Crippen LogP contribution is -2.06. The summed E-state index contributed by atoms with van der Waals surface area (Å²) >= 11 is 7.84. The summed E-state index contributed by atoms with van der Waals surface area (Å²) < 4.78 is 2.06. The Kier molecular flexibility index (Phi) is 2.09. The van der Waals surface area contributed by atoms with E-state index in [0.29, 0.717) is 11.3 Å². The van der Waals surface area contributed by atoms with Crippen molar-refractivity contribution in [3.05, 3.63) is 17.7 Å². The Morgan fingerprint density at radius 2 is 2.64 bits per heavy atom. The van der Waals surface area contributed by atoms with Gasteiger partial charge >= 0.3 is 0 Å². The minimum atomic E-state index is 0.579. The zero-order valence-corrected chi connectivity index (χ0v) is 7.61. The van der Waals surface area contributed by atoms with E-state index in [4.69, 9.17) is 11.6 Å². The van der Waals surface area contributed by atoms with Crippen molar-refractivity contribution in [1.29, 1.82) is 0 Å². The van der Waals surface area contributed by atoms with Gasteiger partial charge in [0.1, 0.15) is 0 Å². The highest BCUT2D eigenvalue weighted by atomic mass is 35.5. The van der Waals surface area contributed by atoms with E-state index >= 15 is 0 Å². The molecule has 0 spiro atoms. The molecular weight excluding hydrogens is 180 g/mol. The van der Waals surface area contributed by atoms with Crippen LogP contribution in [0.2, 0.25) is 5.28 Å². The molecule has 0 amide bonds. The molecule has 60 valence electrons. The van der Waals surface area contributed by atoms with Crippen molar-refractivity contribution in [3.63, 3.8) is 0 Å². The average molecular weight is 189 g/mol. The number of hydrogen-bond donors (Lipinski definition) is 0. The average Bonchev–Trinajstić information content (AvgIpc) is 2.55.